The van der Waals surface area contributed by atoms with Crippen molar-refractivity contribution in [2.24, 2.45) is 0 Å². The Balaban J connectivity index is 1.73. The van der Waals surface area contributed by atoms with Gasteiger partial charge in [-0.05, 0) is 31.2 Å². The van der Waals surface area contributed by atoms with Gasteiger partial charge in [0.2, 0.25) is 15.9 Å². The second-order valence-corrected chi connectivity index (χ2v) is 10.0. The molecule has 1 N–H and O–H groups in total. The number of nitrogens with zero attached hydrogens (tertiary/aromatic N) is 4. The predicted octanol–water partition coefficient (Wildman–Crippen LogP) is -0.0811. The number of piperazine rings is 2. The molecule has 0 atom stereocenters. The molecule has 0 unspecified atom stereocenters. The van der Waals surface area contributed by atoms with Crippen LogP contribution in [0.25, 0.3) is 0 Å². The van der Waals surface area contributed by atoms with E-state index < -0.39 is 10.0 Å². The van der Waals surface area contributed by atoms with Crippen molar-refractivity contribution in [3.8, 4) is 0 Å². The van der Waals surface area contributed by atoms with E-state index in [1.54, 1.807) is 17.0 Å². The molecule has 1 aromatic carbocycles. The Morgan fingerprint density at radius 2 is 1.67 bits per heavy atom. The first-order chi connectivity index (χ1) is 14.4. The monoisotopic (exact) mass is 437 g/mol. The van der Waals surface area contributed by atoms with Crippen LogP contribution >= 0.6 is 0 Å². The summed E-state index contributed by atoms with van der Waals surface area (Å²) in [6.07, 6.45) is 0.856. The largest absolute Gasteiger partial charge is 0.339 e. The van der Waals surface area contributed by atoms with E-state index in [1.807, 2.05) is 19.1 Å². The van der Waals surface area contributed by atoms with E-state index in [-0.39, 0.29) is 17.3 Å². The Labute approximate surface area is 180 Å². The summed E-state index contributed by atoms with van der Waals surface area (Å²) in [5.41, 5.74) is 1.09. The van der Waals surface area contributed by atoms with Crippen LogP contribution in [-0.2, 0) is 21.2 Å². The van der Waals surface area contributed by atoms with Crippen LogP contribution in [0.1, 0.15) is 12.5 Å². The van der Waals surface area contributed by atoms with Gasteiger partial charge in [0.25, 0.3) is 0 Å². The number of nitrogens with one attached hydrogen (secondary N) is 1. The number of carbonyl (C=O) groups is 1. The van der Waals surface area contributed by atoms with Crippen molar-refractivity contribution in [3.05, 3.63) is 29.8 Å². The highest BCUT2D eigenvalue weighted by Gasteiger charge is 2.29. The highest BCUT2D eigenvalue weighted by Crippen LogP contribution is 2.17. The minimum absolute atomic E-state index is 0.106. The molecule has 2 aliphatic heterocycles. The van der Waals surface area contributed by atoms with Crippen molar-refractivity contribution in [1.82, 2.24) is 24.3 Å². The van der Waals surface area contributed by atoms with Gasteiger partial charge in [0.15, 0.2) is 0 Å². The van der Waals surface area contributed by atoms with E-state index in [2.05, 4.69) is 22.2 Å². The summed E-state index contributed by atoms with van der Waals surface area (Å²) in [4.78, 5) is 19.4. The van der Waals surface area contributed by atoms with E-state index in [1.165, 1.54) is 4.31 Å². The molecule has 30 heavy (non-hydrogen) atoms. The van der Waals surface area contributed by atoms with Gasteiger partial charge < -0.3 is 15.1 Å². The first-order valence-corrected chi connectivity index (χ1v) is 12.3. The van der Waals surface area contributed by atoms with Gasteiger partial charge in [-0.2, -0.15) is 4.31 Å². The minimum atomic E-state index is -3.74. The first-order valence-electron chi connectivity index (χ1n) is 10.9. The topological polar surface area (TPSA) is 76.2 Å². The summed E-state index contributed by atoms with van der Waals surface area (Å²) in [6.45, 7) is 9.42. The van der Waals surface area contributed by atoms with Crippen LogP contribution in [0, 0.1) is 0 Å². The Morgan fingerprint density at radius 1 is 1.03 bits per heavy atom. The average molecular weight is 438 g/mol. The third kappa shape index (κ3) is 6.01. The number of hydrogen-bond acceptors (Lipinski definition) is 6. The second-order valence-electron chi connectivity index (χ2n) is 8.11. The number of rotatable bonds is 8. The molecule has 0 radical (unpaired) electrons. The van der Waals surface area contributed by atoms with Crippen molar-refractivity contribution in [2.75, 3.05) is 79.0 Å². The number of carbonyl (C=O) groups excluding carboxylic acids is 1. The van der Waals surface area contributed by atoms with E-state index in [4.69, 9.17) is 0 Å². The predicted molar refractivity (Wildman–Crippen MR) is 118 cm³/mol. The molecule has 0 aliphatic carbocycles. The molecule has 2 aliphatic rings. The second kappa shape index (κ2) is 10.7. The molecular weight excluding hydrogens is 402 g/mol. The molecule has 2 saturated heterocycles. The molecule has 0 saturated carbocycles. The van der Waals surface area contributed by atoms with Crippen molar-refractivity contribution < 1.29 is 13.2 Å². The summed E-state index contributed by atoms with van der Waals surface area (Å²) >= 11 is 0. The molecule has 0 aromatic heterocycles. The molecule has 8 nitrogen and oxygen atoms in total. The maximum atomic E-state index is 13.4. The van der Waals surface area contributed by atoms with Gasteiger partial charge >= 0.3 is 0 Å². The number of hydrogen-bond donors (Lipinski definition) is 1. The van der Waals surface area contributed by atoms with Crippen LogP contribution < -0.4 is 5.32 Å². The molecule has 0 bridgehead atoms. The smallest absolute Gasteiger partial charge is 0.243 e. The minimum Gasteiger partial charge on any atom is -0.339 e. The quantitative estimate of drug-likeness (QED) is 0.613. The molecule has 2 heterocycles. The van der Waals surface area contributed by atoms with Crippen molar-refractivity contribution in [3.63, 3.8) is 0 Å². The summed E-state index contributed by atoms with van der Waals surface area (Å²) in [5, 5.41) is 3.23. The highest BCUT2D eigenvalue weighted by molar-refractivity contribution is 7.89. The van der Waals surface area contributed by atoms with Crippen molar-refractivity contribution in [2.45, 2.75) is 18.2 Å². The lowest BCUT2D eigenvalue weighted by Crippen LogP contribution is -2.52. The number of sulfonamides is 1. The molecule has 3 rings (SSSR count). The zero-order valence-corrected chi connectivity index (χ0v) is 19.0. The third-order valence-electron chi connectivity index (χ3n) is 6.01. The summed E-state index contributed by atoms with van der Waals surface area (Å²) in [7, 11) is -1.64. The fourth-order valence-electron chi connectivity index (χ4n) is 3.82. The molecular formula is C21H35N5O3S. The number of benzene rings is 1. The van der Waals surface area contributed by atoms with Crippen LogP contribution in [0.5, 0.6) is 0 Å². The van der Waals surface area contributed by atoms with Gasteiger partial charge in [0, 0.05) is 65.4 Å². The fourth-order valence-corrected chi connectivity index (χ4v) is 5.20. The van der Waals surface area contributed by atoms with E-state index in [0.717, 1.165) is 51.3 Å². The van der Waals surface area contributed by atoms with Crippen molar-refractivity contribution >= 4 is 15.9 Å². The molecule has 1 amide bonds. The van der Waals surface area contributed by atoms with Gasteiger partial charge in [-0.15, -0.1) is 0 Å². The average Bonchev–Trinajstić information content (AvgIpc) is 2.78. The first kappa shape index (κ1) is 23.1. The fraction of sp³-hybridized carbons (Fsp3) is 0.667. The SMILES string of the molecule is CCc1ccc(S(=O)(=O)N(CCN2CCN(C)CC2)CC(=O)N2CCNCC2)cc1. The van der Waals surface area contributed by atoms with Crippen LogP contribution in [-0.4, -0.2) is 112 Å². The van der Waals surface area contributed by atoms with Crippen LogP contribution in [0.4, 0.5) is 0 Å². The zero-order chi connectivity index (χ0) is 21.6. The lowest BCUT2D eigenvalue weighted by atomic mass is 10.2. The standard InChI is InChI=1S/C21H35N5O3S/c1-3-19-4-6-20(7-5-19)30(28,29)26(17-16-24-14-12-23(2)13-15-24)18-21(27)25-10-8-22-9-11-25/h4-7,22H,3,8-18H2,1-2H3. The van der Waals surface area contributed by atoms with Gasteiger partial charge in [-0.3, -0.25) is 9.69 Å². The van der Waals surface area contributed by atoms with Crippen molar-refractivity contribution in [1.29, 1.82) is 0 Å². The van der Waals surface area contributed by atoms with Gasteiger partial charge in [0.1, 0.15) is 0 Å². The molecule has 2 fully saturated rings. The van der Waals surface area contributed by atoms with Gasteiger partial charge in [0.05, 0.1) is 11.4 Å². The Kier molecular flexibility index (Phi) is 8.24. The van der Waals surface area contributed by atoms with Crippen LogP contribution in [0.2, 0.25) is 0 Å². The van der Waals surface area contributed by atoms with Crippen LogP contribution in [0.15, 0.2) is 29.2 Å². The number of likely N-dealkylation sites (N-methyl/N-ethyl adjacent to an activating group) is 1. The maximum absolute atomic E-state index is 13.4. The van der Waals surface area contributed by atoms with Gasteiger partial charge in [-0.25, -0.2) is 8.42 Å². The number of aryl methyl sites for hydroxylation is 1. The van der Waals surface area contributed by atoms with E-state index in [9.17, 15) is 13.2 Å². The molecule has 1 aromatic rings. The summed E-state index contributed by atoms with van der Waals surface area (Å²) in [6, 6.07) is 7.02. The molecule has 168 valence electrons. The molecule has 9 heteroatoms. The third-order valence-corrected chi connectivity index (χ3v) is 7.87. The summed E-state index contributed by atoms with van der Waals surface area (Å²) < 4.78 is 28.2. The lowest BCUT2D eigenvalue weighted by Gasteiger charge is -2.34. The Hall–Kier alpha value is -1.52. The van der Waals surface area contributed by atoms with E-state index >= 15 is 0 Å². The van der Waals surface area contributed by atoms with Gasteiger partial charge in [-0.1, -0.05) is 19.1 Å². The Morgan fingerprint density at radius 3 is 2.27 bits per heavy atom. The number of amides is 1. The van der Waals surface area contributed by atoms with Crippen LogP contribution in [0.3, 0.4) is 0 Å². The van der Waals surface area contributed by atoms with E-state index in [0.29, 0.717) is 26.2 Å². The lowest BCUT2D eigenvalue weighted by molar-refractivity contribution is -0.132. The Bertz CT molecular complexity index is 785. The normalized spacial score (nSPS) is 19.4. The highest BCUT2D eigenvalue weighted by atomic mass is 32.2. The molecule has 0 spiro atoms. The zero-order valence-electron chi connectivity index (χ0n) is 18.2. The maximum Gasteiger partial charge on any atom is 0.243 e. The summed E-state index contributed by atoms with van der Waals surface area (Å²) in [5.74, 6) is -0.122.